The fourth-order valence-electron chi connectivity index (χ4n) is 6.36. The molecule has 1 saturated carbocycles. The van der Waals surface area contributed by atoms with Crippen LogP contribution < -0.4 is 0 Å². The van der Waals surface area contributed by atoms with Gasteiger partial charge in [-0.1, -0.05) is 122 Å². The molecule has 4 nitrogen and oxygen atoms in total. The van der Waals surface area contributed by atoms with Crippen molar-refractivity contribution in [3.8, 4) is 11.5 Å². The van der Waals surface area contributed by atoms with Crippen LogP contribution in [0.5, 0.6) is 11.5 Å². The van der Waals surface area contributed by atoms with Gasteiger partial charge in [0, 0.05) is 12.9 Å². The van der Waals surface area contributed by atoms with Crippen molar-refractivity contribution >= 4 is 0 Å². The summed E-state index contributed by atoms with van der Waals surface area (Å²) in [6, 6.07) is 8.63. The minimum Gasteiger partial charge on any atom is -0.507 e. The lowest BCUT2D eigenvalue weighted by molar-refractivity contribution is -0.202. The quantitative estimate of drug-likeness (QED) is 0.355. The fraction of sp³-hybridized carbons (Fsp3) is 0.700. The molecule has 0 radical (unpaired) electrons. The summed E-state index contributed by atoms with van der Waals surface area (Å²) in [5.74, 6) is 2.87. The Bertz CT molecular complexity index is 1080. The van der Waals surface area contributed by atoms with Crippen LogP contribution >= 0.6 is 0 Å². The standard InChI is InChI=1S/C21H34O.C19H30O3.H2/c1-14-8-10-15(11-9-14)16-12-17(20(2,3)4)19(22)18(13-16)21(5,6)7;1-12-10-21-17(22-11-12)13-8-14(18(2,3)4)16(20)15(9-13)19(5,6)7;/h12-15,22H,8-11H2,1-7H3;8-9,12,17,20H,10-11H2,1-7H3;1H. The van der Waals surface area contributed by atoms with Gasteiger partial charge in [-0.25, -0.2) is 0 Å². The first-order valence-electron chi connectivity index (χ1n) is 17.0. The third kappa shape index (κ3) is 9.03. The van der Waals surface area contributed by atoms with Crippen molar-refractivity contribution in [2.45, 2.75) is 156 Å². The van der Waals surface area contributed by atoms with E-state index in [-0.39, 0.29) is 29.4 Å². The van der Waals surface area contributed by atoms with Crippen molar-refractivity contribution < 1.29 is 21.1 Å². The Morgan fingerprint density at radius 3 is 1.16 bits per heavy atom. The number of ether oxygens (including phenoxy) is 2. The number of benzene rings is 2. The van der Waals surface area contributed by atoms with Gasteiger partial charge < -0.3 is 19.7 Å². The summed E-state index contributed by atoms with van der Waals surface area (Å²) in [6.07, 6.45) is 4.92. The van der Waals surface area contributed by atoms with Gasteiger partial charge in [-0.2, -0.15) is 0 Å². The Balaban J connectivity index is 0.000000307. The van der Waals surface area contributed by atoms with Crippen LogP contribution in [0.15, 0.2) is 24.3 Å². The van der Waals surface area contributed by atoms with Crippen LogP contribution in [-0.4, -0.2) is 23.4 Å². The Hall–Kier alpha value is -2.04. The molecule has 0 aromatic heterocycles. The zero-order valence-corrected chi connectivity index (χ0v) is 30.6. The highest BCUT2D eigenvalue weighted by atomic mass is 16.7. The first-order valence-corrected chi connectivity index (χ1v) is 17.0. The van der Waals surface area contributed by atoms with E-state index in [1.54, 1.807) is 0 Å². The first-order chi connectivity index (χ1) is 20.0. The Labute approximate surface area is 271 Å². The molecule has 1 aliphatic carbocycles. The molecule has 0 bridgehead atoms. The van der Waals surface area contributed by atoms with E-state index in [0.717, 1.165) is 33.7 Å². The van der Waals surface area contributed by atoms with E-state index in [0.29, 0.717) is 36.5 Å². The fourth-order valence-corrected chi connectivity index (χ4v) is 6.36. The summed E-state index contributed by atoms with van der Waals surface area (Å²) in [7, 11) is 0. The van der Waals surface area contributed by atoms with Crippen LogP contribution in [-0.2, 0) is 31.1 Å². The molecule has 4 heteroatoms. The van der Waals surface area contributed by atoms with Gasteiger partial charge in [-0.15, -0.1) is 0 Å². The normalized spacial score (nSPS) is 23.6. The van der Waals surface area contributed by atoms with Crippen LogP contribution in [0.3, 0.4) is 0 Å². The lowest BCUT2D eigenvalue weighted by Gasteiger charge is -2.32. The predicted molar refractivity (Wildman–Crippen MR) is 187 cm³/mol. The molecular formula is C40H66O4. The van der Waals surface area contributed by atoms with Crippen LogP contribution in [0.25, 0.3) is 0 Å². The van der Waals surface area contributed by atoms with Crippen molar-refractivity contribution in [1.82, 2.24) is 0 Å². The third-order valence-corrected chi connectivity index (χ3v) is 9.32. The predicted octanol–water partition coefficient (Wildman–Crippen LogP) is 11.2. The minimum absolute atomic E-state index is 0. The van der Waals surface area contributed by atoms with Crippen LogP contribution in [0, 0.1) is 11.8 Å². The second kappa shape index (κ2) is 13.4. The van der Waals surface area contributed by atoms with Crippen molar-refractivity contribution in [1.29, 1.82) is 0 Å². The topological polar surface area (TPSA) is 58.9 Å². The lowest BCUT2D eigenvalue weighted by atomic mass is 9.74. The molecule has 2 N–H and O–H groups in total. The van der Waals surface area contributed by atoms with Gasteiger partial charge >= 0.3 is 0 Å². The first kappa shape index (κ1) is 36.4. The average molecular weight is 611 g/mol. The van der Waals surface area contributed by atoms with Gasteiger partial charge in [-0.3, -0.25) is 0 Å². The highest BCUT2D eigenvalue weighted by molar-refractivity contribution is 5.51. The maximum absolute atomic E-state index is 10.8. The maximum Gasteiger partial charge on any atom is 0.183 e. The third-order valence-electron chi connectivity index (χ3n) is 9.32. The molecule has 1 heterocycles. The second-order valence-electron chi connectivity index (χ2n) is 18.0. The van der Waals surface area contributed by atoms with E-state index in [1.807, 2.05) is 12.1 Å². The van der Waals surface area contributed by atoms with Crippen LogP contribution in [0.2, 0.25) is 0 Å². The van der Waals surface area contributed by atoms with Gasteiger partial charge in [0.15, 0.2) is 6.29 Å². The minimum atomic E-state index is -0.334. The van der Waals surface area contributed by atoms with Gasteiger partial charge in [0.1, 0.15) is 11.5 Å². The number of rotatable bonds is 2. The van der Waals surface area contributed by atoms with E-state index < -0.39 is 0 Å². The second-order valence-corrected chi connectivity index (χ2v) is 18.0. The monoisotopic (exact) mass is 610 g/mol. The highest BCUT2D eigenvalue weighted by Crippen LogP contribution is 2.45. The highest BCUT2D eigenvalue weighted by Gasteiger charge is 2.31. The molecular weight excluding hydrogens is 544 g/mol. The van der Waals surface area contributed by atoms with E-state index in [9.17, 15) is 10.2 Å². The molecule has 4 rings (SSSR count). The summed E-state index contributed by atoms with van der Waals surface area (Å²) in [5.41, 5.74) is 6.22. The summed E-state index contributed by atoms with van der Waals surface area (Å²) < 4.78 is 11.7. The largest absolute Gasteiger partial charge is 0.507 e. The van der Waals surface area contributed by atoms with E-state index >= 15 is 0 Å². The molecule has 2 aromatic carbocycles. The van der Waals surface area contributed by atoms with Crippen molar-refractivity contribution in [2.75, 3.05) is 13.2 Å². The molecule has 0 unspecified atom stereocenters. The molecule has 0 amide bonds. The van der Waals surface area contributed by atoms with Gasteiger partial charge in [0.2, 0.25) is 0 Å². The smallest absolute Gasteiger partial charge is 0.183 e. The number of phenolic OH excluding ortho intramolecular Hbond substituents is 2. The molecule has 2 fully saturated rings. The Morgan fingerprint density at radius 1 is 0.523 bits per heavy atom. The molecule has 0 atom stereocenters. The summed E-state index contributed by atoms with van der Waals surface area (Å²) in [5, 5.41) is 21.6. The van der Waals surface area contributed by atoms with E-state index in [2.05, 4.69) is 109 Å². The van der Waals surface area contributed by atoms with E-state index in [4.69, 9.17) is 9.47 Å². The van der Waals surface area contributed by atoms with E-state index in [1.165, 1.54) is 31.2 Å². The van der Waals surface area contributed by atoms with Gasteiger partial charge in [-0.05, 0) is 86.3 Å². The molecule has 1 saturated heterocycles. The average Bonchev–Trinajstić information content (AvgIpc) is 2.88. The molecule has 1 aliphatic heterocycles. The number of phenols is 2. The van der Waals surface area contributed by atoms with Crippen LogP contribution in [0.4, 0.5) is 0 Å². The number of aromatic hydroxyl groups is 2. The SMILES string of the molecule is CC1CCC(c2cc(C(C)(C)C)c(O)c(C(C)(C)C)c2)CC1.CC1COC(c2cc(C(C)(C)C)c(O)c(C(C)(C)C)c2)OC1.[HH]. The molecule has 44 heavy (non-hydrogen) atoms. The number of hydrogen-bond donors (Lipinski definition) is 2. The number of hydrogen-bond acceptors (Lipinski definition) is 4. The van der Waals surface area contributed by atoms with Gasteiger partial charge in [0.05, 0.1) is 13.2 Å². The summed E-state index contributed by atoms with van der Waals surface area (Å²) in [6.45, 7) is 31.8. The Morgan fingerprint density at radius 2 is 0.841 bits per heavy atom. The van der Waals surface area contributed by atoms with Crippen LogP contribution in [0.1, 0.15) is 170 Å². The van der Waals surface area contributed by atoms with Crippen molar-refractivity contribution in [3.63, 3.8) is 0 Å². The Kier molecular flexibility index (Phi) is 11.1. The lowest BCUT2D eigenvalue weighted by Crippen LogP contribution is -2.26. The molecule has 2 aromatic rings. The zero-order valence-electron chi connectivity index (χ0n) is 30.6. The maximum atomic E-state index is 10.8. The summed E-state index contributed by atoms with van der Waals surface area (Å²) >= 11 is 0. The zero-order chi connectivity index (χ0) is 33.4. The molecule has 0 spiro atoms. The van der Waals surface area contributed by atoms with Crippen molar-refractivity contribution in [3.05, 3.63) is 57.6 Å². The van der Waals surface area contributed by atoms with Crippen molar-refractivity contribution in [2.24, 2.45) is 11.8 Å². The summed E-state index contributed by atoms with van der Waals surface area (Å²) in [4.78, 5) is 0. The van der Waals surface area contributed by atoms with Gasteiger partial charge in [0.25, 0.3) is 0 Å². The molecule has 250 valence electrons. The molecule has 2 aliphatic rings.